The highest BCUT2D eigenvalue weighted by Gasteiger charge is 2.15. The summed E-state index contributed by atoms with van der Waals surface area (Å²) in [5.41, 5.74) is 1.03. The Labute approximate surface area is 129 Å². The molecule has 0 aliphatic carbocycles. The highest BCUT2D eigenvalue weighted by molar-refractivity contribution is 7.91. The quantitative estimate of drug-likeness (QED) is 0.796. The molecule has 2 rings (SSSR count). The van der Waals surface area contributed by atoms with Gasteiger partial charge in [-0.3, -0.25) is 0 Å². The molecule has 0 bridgehead atoms. The average Bonchev–Trinajstić information content (AvgIpc) is 2.95. The number of rotatable bonds is 7. The maximum absolute atomic E-state index is 12.1. The summed E-state index contributed by atoms with van der Waals surface area (Å²) in [6.45, 7) is 4.51. The molecule has 1 heterocycles. The first-order chi connectivity index (χ1) is 10.0. The van der Waals surface area contributed by atoms with Crippen LogP contribution in [0.5, 0.6) is 5.75 Å². The molecular formula is C15H19NO3S2. The average molecular weight is 325 g/mol. The first kappa shape index (κ1) is 16.0. The summed E-state index contributed by atoms with van der Waals surface area (Å²) >= 11 is 1.31. The molecule has 0 fully saturated rings. The molecule has 0 saturated carbocycles. The Balaban J connectivity index is 1.86. The second kappa shape index (κ2) is 7.06. The molecule has 0 spiro atoms. The van der Waals surface area contributed by atoms with Gasteiger partial charge in [0.15, 0.2) is 0 Å². The molecule has 0 radical (unpaired) electrons. The van der Waals surface area contributed by atoms with Gasteiger partial charge in [-0.05, 0) is 37.1 Å². The Morgan fingerprint density at radius 1 is 1.19 bits per heavy atom. The fraction of sp³-hybridized carbons (Fsp3) is 0.333. The van der Waals surface area contributed by atoms with Gasteiger partial charge in [-0.2, -0.15) is 0 Å². The molecule has 114 valence electrons. The Kier molecular flexibility index (Phi) is 5.39. The standard InChI is InChI=1S/C15H19NO3S2/c1-3-13-8-9-15(20-13)21(17,18)16-10-11-19-14-7-5-4-6-12(14)2/h4-9,16H,3,10-11H2,1-2H3. The summed E-state index contributed by atoms with van der Waals surface area (Å²) in [6.07, 6.45) is 0.844. The maximum atomic E-state index is 12.1. The smallest absolute Gasteiger partial charge is 0.250 e. The van der Waals surface area contributed by atoms with Gasteiger partial charge in [0, 0.05) is 11.4 Å². The lowest BCUT2D eigenvalue weighted by molar-refractivity contribution is 0.321. The summed E-state index contributed by atoms with van der Waals surface area (Å²) in [5, 5.41) is 0. The van der Waals surface area contributed by atoms with E-state index in [1.807, 2.05) is 44.2 Å². The monoisotopic (exact) mass is 325 g/mol. The van der Waals surface area contributed by atoms with Crippen LogP contribution in [-0.2, 0) is 16.4 Å². The van der Waals surface area contributed by atoms with Crippen molar-refractivity contribution in [2.24, 2.45) is 0 Å². The zero-order valence-electron chi connectivity index (χ0n) is 12.1. The molecule has 0 atom stereocenters. The number of para-hydroxylation sites is 1. The van der Waals surface area contributed by atoms with Gasteiger partial charge in [-0.25, -0.2) is 13.1 Å². The molecule has 0 amide bonds. The van der Waals surface area contributed by atoms with E-state index in [1.165, 1.54) is 11.3 Å². The minimum Gasteiger partial charge on any atom is -0.492 e. The molecule has 0 aliphatic heterocycles. The predicted octanol–water partition coefficient (Wildman–Crippen LogP) is 2.98. The zero-order valence-corrected chi connectivity index (χ0v) is 13.8. The van der Waals surface area contributed by atoms with E-state index >= 15 is 0 Å². The minimum absolute atomic E-state index is 0.246. The van der Waals surface area contributed by atoms with Crippen LogP contribution in [0.4, 0.5) is 0 Å². The van der Waals surface area contributed by atoms with Gasteiger partial charge in [0.25, 0.3) is 0 Å². The number of sulfonamides is 1. The van der Waals surface area contributed by atoms with Gasteiger partial charge in [0.1, 0.15) is 16.6 Å². The third-order valence-corrected chi connectivity index (χ3v) is 6.18. The number of ether oxygens (including phenoxy) is 1. The van der Waals surface area contributed by atoms with Gasteiger partial charge >= 0.3 is 0 Å². The van der Waals surface area contributed by atoms with Crippen molar-refractivity contribution in [1.82, 2.24) is 4.72 Å². The lowest BCUT2D eigenvalue weighted by Gasteiger charge is -2.09. The van der Waals surface area contributed by atoms with E-state index in [9.17, 15) is 8.42 Å². The minimum atomic E-state index is -3.43. The van der Waals surface area contributed by atoms with Crippen LogP contribution in [0.15, 0.2) is 40.6 Å². The lowest BCUT2D eigenvalue weighted by atomic mass is 10.2. The second-order valence-corrected chi connectivity index (χ2v) is 7.75. The molecular weight excluding hydrogens is 306 g/mol. The number of nitrogens with one attached hydrogen (secondary N) is 1. The Hall–Kier alpha value is -1.37. The first-order valence-electron chi connectivity index (χ1n) is 6.79. The lowest BCUT2D eigenvalue weighted by Crippen LogP contribution is -2.27. The molecule has 1 aromatic heterocycles. The fourth-order valence-corrected chi connectivity index (χ4v) is 4.17. The van der Waals surface area contributed by atoms with Crippen LogP contribution in [-0.4, -0.2) is 21.6 Å². The molecule has 6 heteroatoms. The van der Waals surface area contributed by atoms with E-state index in [-0.39, 0.29) is 6.54 Å². The third kappa shape index (κ3) is 4.30. The molecule has 0 unspecified atom stereocenters. The van der Waals surface area contributed by atoms with Crippen LogP contribution in [0.1, 0.15) is 17.4 Å². The van der Waals surface area contributed by atoms with Gasteiger partial charge in [-0.15, -0.1) is 11.3 Å². The van der Waals surface area contributed by atoms with Gasteiger partial charge in [0.2, 0.25) is 10.0 Å². The largest absolute Gasteiger partial charge is 0.492 e. The summed E-state index contributed by atoms with van der Waals surface area (Å²) in [6, 6.07) is 11.2. The molecule has 4 nitrogen and oxygen atoms in total. The number of hydrogen-bond acceptors (Lipinski definition) is 4. The van der Waals surface area contributed by atoms with Crippen molar-refractivity contribution in [2.75, 3.05) is 13.2 Å². The zero-order chi connectivity index (χ0) is 15.3. The van der Waals surface area contributed by atoms with Crippen molar-refractivity contribution in [1.29, 1.82) is 0 Å². The SMILES string of the molecule is CCc1ccc(S(=O)(=O)NCCOc2ccccc2C)s1. The summed E-state index contributed by atoms with van der Waals surface area (Å²) in [5.74, 6) is 0.779. The number of aryl methyl sites for hydroxylation is 2. The second-order valence-electron chi connectivity index (χ2n) is 4.59. The van der Waals surface area contributed by atoms with E-state index < -0.39 is 10.0 Å². The van der Waals surface area contributed by atoms with Crippen LogP contribution in [0.2, 0.25) is 0 Å². The van der Waals surface area contributed by atoms with E-state index in [0.717, 1.165) is 22.6 Å². The van der Waals surface area contributed by atoms with Crippen LogP contribution >= 0.6 is 11.3 Å². The highest BCUT2D eigenvalue weighted by atomic mass is 32.2. The Morgan fingerprint density at radius 2 is 1.95 bits per heavy atom. The number of thiophene rings is 1. The Morgan fingerprint density at radius 3 is 2.62 bits per heavy atom. The van der Waals surface area contributed by atoms with Gasteiger partial charge in [0.05, 0.1) is 0 Å². The molecule has 1 aromatic carbocycles. The van der Waals surface area contributed by atoms with Crippen molar-refractivity contribution < 1.29 is 13.2 Å². The van der Waals surface area contributed by atoms with Crippen LogP contribution in [0.25, 0.3) is 0 Å². The number of benzene rings is 1. The molecule has 21 heavy (non-hydrogen) atoms. The summed E-state index contributed by atoms with van der Waals surface area (Å²) in [4.78, 5) is 1.06. The van der Waals surface area contributed by atoms with E-state index in [4.69, 9.17) is 4.74 Å². The number of hydrogen-bond donors (Lipinski definition) is 1. The van der Waals surface area contributed by atoms with Crippen molar-refractivity contribution in [2.45, 2.75) is 24.5 Å². The summed E-state index contributed by atoms with van der Waals surface area (Å²) < 4.78 is 32.7. The normalized spacial score (nSPS) is 11.5. The fourth-order valence-electron chi connectivity index (χ4n) is 1.82. The third-order valence-electron chi connectivity index (χ3n) is 3.00. The van der Waals surface area contributed by atoms with E-state index in [1.54, 1.807) is 6.07 Å². The topological polar surface area (TPSA) is 55.4 Å². The van der Waals surface area contributed by atoms with Crippen molar-refractivity contribution in [3.05, 3.63) is 46.8 Å². The molecule has 2 aromatic rings. The van der Waals surface area contributed by atoms with Gasteiger partial charge < -0.3 is 4.74 Å². The van der Waals surface area contributed by atoms with Crippen LogP contribution < -0.4 is 9.46 Å². The molecule has 0 aliphatic rings. The van der Waals surface area contributed by atoms with Crippen LogP contribution in [0.3, 0.4) is 0 Å². The Bertz CT molecular complexity index is 692. The van der Waals surface area contributed by atoms with E-state index in [0.29, 0.717) is 10.8 Å². The molecule has 0 saturated heterocycles. The van der Waals surface area contributed by atoms with Crippen LogP contribution in [0, 0.1) is 6.92 Å². The molecule has 1 N–H and O–H groups in total. The van der Waals surface area contributed by atoms with Crippen molar-refractivity contribution >= 4 is 21.4 Å². The van der Waals surface area contributed by atoms with Crippen molar-refractivity contribution in [3.63, 3.8) is 0 Å². The van der Waals surface area contributed by atoms with Gasteiger partial charge in [-0.1, -0.05) is 25.1 Å². The summed E-state index contributed by atoms with van der Waals surface area (Å²) in [7, 11) is -3.43. The van der Waals surface area contributed by atoms with Crippen molar-refractivity contribution in [3.8, 4) is 5.75 Å². The highest BCUT2D eigenvalue weighted by Crippen LogP contribution is 2.21. The first-order valence-corrected chi connectivity index (χ1v) is 9.09. The predicted molar refractivity (Wildman–Crippen MR) is 85.6 cm³/mol. The maximum Gasteiger partial charge on any atom is 0.250 e. The van der Waals surface area contributed by atoms with E-state index in [2.05, 4.69) is 4.72 Å².